The van der Waals surface area contributed by atoms with E-state index in [1.165, 1.54) is 10.9 Å². The third-order valence-electron chi connectivity index (χ3n) is 2.90. The van der Waals surface area contributed by atoms with E-state index in [1.54, 1.807) is 0 Å². The van der Waals surface area contributed by atoms with Gasteiger partial charge >= 0.3 is 5.82 Å². The van der Waals surface area contributed by atoms with Crippen molar-refractivity contribution in [3.05, 3.63) is 39.3 Å². The quantitative estimate of drug-likeness (QED) is 0.624. The monoisotopic (exact) mass is 283 g/mol. The molecule has 7 nitrogen and oxygen atoms in total. The minimum Gasteiger partial charge on any atom is -0.358 e. The smallest absolute Gasteiger partial charge is 0.358 e. The van der Waals surface area contributed by atoms with Crippen molar-refractivity contribution in [2.24, 2.45) is 0 Å². The largest absolute Gasteiger partial charge is 0.408 e. The molecule has 0 radical (unpaired) electrons. The van der Waals surface area contributed by atoms with E-state index in [0.29, 0.717) is 12.6 Å². The zero-order valence-electron chi connectivity index (χ0n) is 10.7. The number of hydrogen-bond acceptors (Lipinski definition) is 4. The number of nitrogens with zero attached hydrogens (tertiary/aromatic N) is 5. The summed E-state index contributed by atoms with van der Waals surface area (Å²) >= 11 is 5.73. The van der Waals surface area contributed by atoms with Gasteiger partial charge in [0.15, 0.2) is 5.02 Å². The van der Waals surface area contributed by atoms with Crippen LogP contribution in [0.4, 0.5) is 5.82 Å². The van der Waals surface area contributed by atoms with Crippen LogP contribution in [-0.2, 0) is 6.54 Å². The van der Waals surface area contributed by atoms with Gasteiger partial charge in [-0.1, -0.05) is 18.5 Å². The van der Waals surface area contributed by atoms with Crippen LogP contribution in [0.25, 0.3) is 0 Å². The van der Waals surface area contributed by atoms with Crippen LogP contribution < -0.4 is 0 Å². The molecule has 0 amide bonds. The van der Waals surface area contributed by atoms with E-state index in [1.807, 2.05) is 16.9 Å². The average Bonchev–Trinajstić information content (AvgIpc) is 2.95. The lowest BCUT2D eigenvalue weighted by Crippen LogP contribution is -2.07. The maximum Gasteiger partial charge on any atom is 0.408 e. The second kappa shape index (κ2) is 5.40. The third kappa shape index (κ3) is 2.93. The van der Waals surface area contributed by atoms with Gasteiger partial charge in [0.1, 0.15) is 6.54 Å². The van der Waals surface area contributed by atoms with Crippen LogP contribution in [0.1, 0.15) is 32.0 Å². The summed E-state index contributed by atoms with van der Waals surface area (Å²) < 4.78 is 3.29. The number of rotatable bonds is 5. The van der Waals surface area contributed by atoms with E-state index in [2.05, 4.69) is 24.0 Å². The fourth-order valence-electron chi connectivity index (χ4n) is 1.65. The molecule has 0 aliphatic rings. The van der Waals surface area contributed by atoms with Crippen LogP contribution in [0.2, 0.25) is 5.02 Å². The Labute approximate surface area is 114 Å². The highest BCUT2D eigenvalue weighted by Gasteiger charge is 2.19. The predicted octanol–water partition coefficient (Wildman–Crippen LogP) is 2.66. The molecule has 2 aromatic rings. The second-order valence-electron chi connectivity index (χ2n) is 4.30. The number of aromatic nitrogens is 4. The summed E-state index contributed by atoms with van der Waals surface area (Å²) in [6, 6.07) is 2.19. The fraction of sp³-hybridized carbons (Fsp3) is 0.455. The summed E-state index contributed by atoms with van der Waals surface area (Å²) in [5.74, 6) is -0.331. The molecule has 0 saturated carbocycles. The van der Waals surface area contributed by atoms with Gasteiger partial charge in [-0.3, -0.25) is 4.68 Å². The zero-order chi connectivity index (χ0) is 14.0. The Morgan fingerprint density at radius 3 is 2.84 bits per heavy atom. The van der Waals surface area contributed by atoms with Crippen molar-refractivity contribution in [2.75, 3.05) is 0 Å². The molecule has 0 aromatic carbocycles. The molecule has 2 aromatic heterocycles. The van der Waals surface area contributed by atoms with Crippen LogP contribution in [0.5, 0.6) is 0 Å². The van der Waals surface area contributed by atoms with Gasteiger partial charge in [0.05, 0.1) is 17.0 Å². The second-order valence-corrected chi connectivity index (χ2v) is 4.71. The predicted molar refractivity (Wildman–Crippen MR) is 70.2 cm³/mol. The Kier molecular flexibility index (Phi) is 3.84. The molecule has 2 rings (SSSR count). The van der Waals surface area contributed by atoms with Crippen molar-refractivity contribution in [3.63, 3.8) is 0 Å². The Morgan fingerprint density at radius 2 is 2.26 bits per heavy atom. The Bertz CT molecular complexity index is 592. The van der Waals surface area contributed by atoms with Crippen molar-refractivity contribution >= 4 is 17.4 Å². The van der Waals surface area contributed by atoms with Crippen LogP contribution in [0.15, 0.2) is 18.5 Å². The number of hydrogen-bond donors (Lipinski definition) is 0. The van der Waals surface area contributed by atoms with Gasteiger partial charge in [0.2, 0.25) is 0 Å². The topological polar surface area (TPSA) is 78.8 Å². The Morgan fingerprint density at radius 1 is 1.53 bits per heavy atom. The summed E-state index contributed by atoms with van der Waals surface area (Å²) in [4.78, 5) is 10.0. The van der Waals surface area contributed by atoms with Crippen LogP contribution in [-0.4, -0.2) is 24.5 Å². The molecule has 0 fully saturated rings. The molecule has 0 aliphatic heterocycles. The van der Waals surface area contributed by atoms with Crippen LogP contribution >= 0.6 is 11.6 Å². The van der Waals surface area contributed by atoms with E-state index < -0.39 is 4.92 Å². The first-order chi connectivity index (χ1) is 9.01. The summed E-state index contributed by atoms with van der Waals surface area (Å²) in [6.07, 6.45) is 4.31. The van der Waals surface area contributed by atoms with E-state index in [4.69, 9.17) is 11.6 Å². The first-order valence-electron chi connectivity index (χ1n) is 5.92. The number of halogens is 1. The zero-order valence-corrected chi connectivity index (χ0v) is 11.4. The van der Waals surface area contributed by atoms with E-state index in [0.717, 1.165) is 12.1 Å². The molecule has 2 heterocycles. The fourth-order valence-corrected chi connectivity index (χ4v) is 1.87. The third-order valence-corrected chi connectivity index (χ3v) is 3.17. The molecule has 102 valence electrons. The van der Waals surface area contributed by atoms with E-state index in [9.17, 15) is 10.1 Å². The van der Waals surface area contributed by atoms with Gasteiger partial charge in [-0.2, -0.15) is 9.78 Å². The minimum absolute atomic E-state index is 0.0337. The molecule has 0 spiro atoms. The molecule has 0 saturated heterocycles. The lowest BCUT2D eigenvalue weighted by molar-refractivity contribution is -0.389. The maximum atomic E-state index is 10.6. The normalized spacial score (nSPS) is 12.6. The standard InChI is InChI=1S/C11H14ClN5O2/c1-3-8(2)16-5-4-9(13-16)6-15-7-10(12)11(14-15)17(18)19/h4-5,7-8H,3,6H2,1-2H3. The molecule has 0 aliphatic carbocycles. The first-order valence-corrected chi connectivity index (χ1v) is 6.30. The van der Waals surface area contributed by atoms with E-state index in [-0.39, 0.29) is 10.8 Å². The molecule has 0 N–H and O–H groups in total. The van der Waals surface area contributed by atoms with Gasteiger partial charge in [0, 0.05) is 12.2 Å². The lowest BCUT2D eigenvalue weighted by Gasteiger charge is -2.07. The summed E-state index contributed by atoms with van der Waals surface area (Å²) in [7, 11) is 0. The molecule has 1 atom stereocenters. The highest BCUT2D eigenvalue weighted by atomic mass is 35.5. The van der Waals surface area contributed by atoms with Crippen molar-refractivity contribution in [2.45, 2.75) is 32.9 Å². The van der Waals surface area contributed by atoms with Gasteiger partial charge in [-0.05, 0) is 24.3 Å². The van der Waals surface area contributed by atoms with Gasteiger partial charge in [-0.25, -0.2) is 0 Å². The number of nitro groups is 1. The van der Waals surface area contributed by atoms with E-state index >= 15 is 0 Å². The summed E-state index contributed by atoms with van der Waals surface area (Å²) in [5.41, 5.74) is 0.786. The van der Waals surface area contributed by atoms with Crippen molar-refractivity contribution in [1.82, 2.24) is 19.6 Å². The molecule has 0 bridgehead atoms. The van der Waals surface area contributed by atoms with Crippen molar-refractivity contribution < 1.29 is 4.92 Å². The van der Waals surface area contributed by atoms with Gasteiger partial charge in [-0.15, -0.1) is 0 Å². The van der Waals surface area contributed by atoms with Crippen LogP contribution in [0, 0.1) is 10.1 Å². The lowest BCUT2D eigenvalue weighted by atomic mass is 10.3. The molecular weight excluding hydrogens is 270 g/mol. The maximum absolute atomic E-state index is 10.6. The Hall–Kier alpha value is -1.89. The molecular formula is C11H14ClN5O2. The highest BCUT2D eigenvalue weighted by molar-refractivity contribution is 6.32. The van der Waals surface area contributed by atoms with Crippen LogP contribution in [0.3, 0.4) is 0 Å². The SMILES string of the molecule is CCC(C)n1ccc(Cn2cc(Cl)c([N+](=O)[O-])n2)n1. The Balaban J connectivity index is 2.15. The van der Waals surface area contributed by atoms with Crippen molar-refractivity contribution in [1.29, 1.82) is 0 Å². The first kappa shape index (κ1) is 13.5. The van der Waals surface area contributed by atoms with Crippen molar-refractivity contribution in [3.8, 4) is 0 Å². The average molecular weight is 284 g/mol. The summed E-state index contributed by atoms with van der Waals surface area (Å²) in [5, 5.41) is 18.9. The molecule has 19 heavy (non-hydrogen) atoms. The van der Waals surface area contributed by atoms with Gasteiger partial charge in [0.25, 0.3) is 0 Å². The summed E-state index contributed by atoms with van der Waals surface area (Å²) in [6.45, 7) is 4.52. The minimum atomic E-state index is -0.601. The van der Waals surface area contributed by atoms with Gasteiger partial charge < -0.3 is 10.1 Å². The molecule has 1 unspecified atom stereocenters. The highest BCUT2D eigenvalue weighted by Crippen LogP contribution is 2.21. The molecule has 8 heteroatoms.